The number of hydrogen-bond acceptors (Lipinski definition) is 3. The van der Waals surface area contributed by atoms with E-state index in [4.69, 9.17) is 0 Å². The molecule has 0 aromatic heterocycles. The molecule has 5 heteroatoms. The Balaban J connectivity index is 1.64. The Bertz CT molecular complexity index is 1130. The Labute approximate surface area is 175 Å². The van der Waals surface area contributed by atoms with E-state index in [0.717, 1.165) is 42.3 Å². The summed E-state index contributed by atoms with van der Waals surface area (Å²) in [5, 5.41) is 14.1. The van der Waals surface area contributed by atoms with Crippen molar-refractivity contribution in [1.82, 2.24) is 10.2 Å². The van der Waals surface area contributed by atoms with Gasteiger partial charge in [-0.1, -0.05) is 36.4 Å². The van der Waals surface area contributed by atoms with Gasteiger partial charge in [0.05, 0.1) is 11.6 Å². The van der Waals surface area contributed by atoms with Crippen LogP contribution in [-0.2, 0) is 5.41 Å². The highest BCUT2D eigenvalue weighted by Crippen LogP contribution is 2.35. The van der Waals surface area contributed by atoms with Crippen LogP contribution in [0.15, 0.2) is 60.7 Å². The predicted octanol–water partition coefficient (Wildman–Crippen LogP) is 4.24. The second-order valence-electron chi connectivity index (χ2n) is 8.13. The van der Waals surface area contributed by atoms with Crippen LogP contribution in [0.1, 0.15) is 34.3 Å². The van der Waals surface area contributed by atoms with Crippen LogP contribution in [0.4, 0.5) is 4.39 Å². The fraction of sp³-hybridized carbons (Fsp3) is 0.280. The van der Waals surface area contributed by atoms with Crippen LogP contribution >= 0.6 is 0 Å². The number of carbonyl (C=O) groups is 1. The first-order chi connectivity index (χ1) is 14.5. The summed E-state index contributed by atoms with van der Waals surface area (Å²) >= 11 is 0. The lowest BCUT2D eigenvalue weighted by atomic mass is 9.72. The van der Waals surface area contributed by atoms with Crippen LogP contribution in [-0.4, -0.2) is 37.5 Å². The third kappa shape index (κ3) is 3.92. The molecule has 0 saturated carbocycles. The zero-order chi connectivity index (χ0) is 21.1. The Morgan fingerprint density at radius 3 is 2.63 bits per heavy atom. The summed E-state index contributed by atoms with van der Waals surface area (Å²) in [4.78, 5) is 15.4. The number of halogens is 1. The topological polar surface area (TPSA) is 56.1 Å². The maximum atomic E-state index is 14.0. The summed E-state index contributed by atoms with van der Waals surface area (Å²) in [6.45, 7) is 2.20. The third-order valence-corrected chi connectivity index (χ3v) is 6.20. The number of likely N-dealkylation sites (tertiary alicyclic amines) is 1. The summed E-state index contributed by atoms with van der Waals surface area (Å²) in [6, 6.07) is 19.9. The molecule has 1 aliphatic rings. The summed E-state index contributed by atoms with van der Waals surface area (Å²) in [5.41, 5.74) is 1.56. The molecule has 1 N–H and O–H groups in total. The lowest BCUT2D eigenvalue weighted by Crippen LogP contribution is -2.48. The molecular formula is C25H24FN3O. The summed E-state index contributed by atoms with van der Waals surface area (Å²) in [6.07, 6.45) is 1.68. The highest BCUT2D eigenvalue weighted by molar-refractivity contribution is 6.07. The van der Waals surface area contributed by atoms with Crippen molar-refractivity contribution in [3.05, 3.63) is 83.2 Å². The average Bonchev–Trinajstić information content (AvgIpc) is 2.78. The minimum Gasteiger partial charge on any atom is -0.351 e. The Kier molecular flexibility index (Phi) is 5.52. The molecule has 3 aromatic rings. The van der Waals surface area contributed by atoms with Crippen LogP contribution in [0.3, 0.4) is 0 Å². The van der Waals surface area contributed by atoms with Gasteiger partial charge in [0.1, 0.15) is 5.82 Å². The van der Waals surface area contributed by atoms with E-state index in [2.05, 4.69) is 23.3 Å². The molecule has 0 radical (unpaired) electrons. The van der Waals surface area contributed by atoms with Crippen molar-refractivity contribution in [2.75, 3.05) is 26.7 Å². The average molecular weight is 401 g/mol. The summed E-state index contributed by atoms with van der Waals surface area (Å²) in [5.74, 6) is -0.470. The molecule has 4 nitrogen and oxygen atoms in total. The maximum absolute atomic E-state index is 14.0. The lowest BCUT2D eigenvalue weighted by Gasteiger charge is -2.41. The van der Waals surface area contributed by atoms with Gasteiger partial charge in [0, 0.05) is 17.5 Å². The van der Waals surface area contributed by atoms with Gasteiger partial charge >= 0.3 is 0 Å². The van der Waals surface area contributed by atoms with Crippen molar-refractivity contribution in [3.8, 4) is 6.07 Å². The largest absolute Gasteiger partial charge is 0.351 e. The Morgan fingerprint density at radius 2 is 1.90 bits per heavy atom. The van der Waals surface area contributed by atoms with Crippen molar-refractivity contribution in [2.45, 2.75) is 18.3 Å². The van der Waals surface area contributed by atoms with Gasteiger partial charge < -0.3 is 10.2 Å². The first-order valence-electron chi connectivity index (χ1n) is 10.2. The van der Waals surface area contributed by atoms with E-state index in [1.54, 1.807) is 24.3 Å². The van der Waals surface area contributed by atoms with E-state index >= 15 is 0 Å². The van der Waals surface area contributed by atoms with Crippen molar-refractivity contribution < 1.29 is 9.18 Å². The SMILES string of the molecule is CN1CCC(CNC(=O)c2cc(C#N)cc3ccccc23)(c2cccc(F)c2)CC1. The van der Waals surface area contributed by atoms with Crippen LogP contribution < -0.4 is 5.32 Å². The monoisotopic (exact) mass is 401 g/mol. The molecule has 1 heterocycles. The van der Waals surface area contributed by atoms with Crippen LogP contribution in [0, 0.1) is 17.1 Å². The number of rotatable bonds is 4. The van der Waals surface area contributed by atoms with E-state index in [0.29, 0.717) is 17.7 Å². The third-order valence-electron chi connectivity index (χ3n) is 6.20. The number of nitriles is 1. The quantitative estimate of drug-likeness (QED) is 0.711. The minimum atomic E-state index is -0.313. The number of fused-ring (bicyclic) bond motifs is 1. The highest BCUT2D eigenvalue weighted by atomic mass is 19.1. The molecule has 1 aliphatic heterocycles. The summed E-state index contributed by atoms with van der Waals surface area (Å²) < 4.78 is 14.0. The first-order valence-corrected chi connectivity index (χ1v) is 10.2. The Hall–Kier alpha value is -3.23. The van der Waals surface area contributed by atoms with Gasteiger partial charge in [-0.05, 0) is 73.6 Å². The Morgan fingerprint density at radius 1 is 1.13 bits per heavy atom. The van der Waals surface area contributed by atoms with Crippen molar-refractivity contribution in [1.29, 1.82) is 5.26 Å². The van der Waals surface area contributed by atoms with E-state index < -0.39 is 0 Å². The normalized spacial score (nSPS) is 16.2. The molecule has 4 rings (SSSR count). The molecule has 152 valence electrons. The number of nitrogens with zero attached hydrogens (tertiary/aromatic N) is 2. The van der Waals surface area contributed by atoms with Gasteiger partial charge in [-0.25, -0.2) is 4.39 Å². The zero-order valence-corrected chi connectivity index (χ0v) is 17.0. The number of nitrogens with one attached hydrogen (secondary N) is 1. The molecule has 1 saturated heterocycles. The minimum absolute atomic E-state index is 0.210. The van der Waals surface area contributed by atoms with Gasteiger partial charge in [-0.3, -0.25) is 4.79 Å². The second kappa shape index (κ2) is 8.25. The predicted molar refractivity (Wildman–Crippen MR) is 116 cm³/mol. The fourth-order valence-electron chi connectivity index (χ4n) is 4.34. The molecule has 1 amide bonds. The van der Waals surface area contributed by atoms with E-state index in [-0.39, 0.29) is 17.1 Å². The second-order valence-corrected chi connectivity index (χ2v) is 8.13. The first kappa shape index (κ1) is 20.1. The van der Waals surface area contributed by atoms with Crippen molar-refractivity contribution in [2.24, 2.45) is 0 Å². The van der Waals surface area contributed by atoms with Gasteiger partial charge in [0.2, 0.25) is 0 Å². The van der Waals surface area contributed by atoms with E-state index in [1.165, 1.54) is 6.07 Å². The molecule has 0 atom stereocenters. The van der Waals surface area contributed by atoms with Crippen LogP contribution in [0.2, 0.25) is 0 Å². The number of hydrogen-bond donors (Lipinski definition) is 1. The van der Waals surface area contributed by atoms with Crippen molar-refractivity contribution >= 4 is 16.7 Å². The zero-order valence-electron chi connectivity index (χ0n) is 17.0. The van der Waals surface area contributed by atoms with E-state index in [9.17, 15) is 14.4 Å². The highest BCUT2D eigenvalue weighted by Gasteiger charge is 2.36. The molecular weight excluding hydrogens is 377 g/mol. The molecule has 0 unspecified atom stereocenters. The van der Waals surface area contributed by atoms with Gasteiger partial charge in [0.15, 0.2) is 0 Å². The molecule has 30 heavy (non-hydrogen) atoms. The lowest BCUT2D eigenvalue weighted by molar-refractivity contribution is 0.0929. The van der Waals surface area contributed by atoms with E-state index in [1.807, 2.05) is 30.3 Å². The van der Waals surface area contributed by atoms with Gasteiger partial charge in [0.25, 0.3) is 5.91 Å². The summed E-state index contributed by atoms with van der Waals surface area (Å²) in [7, 11) is 2.08. The molecule has 1 fully saturated rings. The number of carbonyl (C=O) groups excluding carboxylic acids is 1. The number of benzene rings is 3. The number of amides is 1. The molecule has 0 aliphatic carbocycles. The van der Waals surface area contributed by atoms with Crippen molar-refractivity contribution in [3.63, 3.8) is 0 Å². The smallest absolute Gasteiger partial charge is 0.251 e. The van der Waals surface area contributed by atoms with Gasteiger partial charge in [-0.15, -0.1) is 0 Å². The molecule has 0 spiro atoms. The maximum Gasteiger partial charge on any atom is 0.251 e. The molecule has 3 aromatic carbocycles. The fourth-order valence-corrected chi connectivity index (χ4v) is 4.34. The standard InChI is InChI=1S/C25H24FN3O/c1-29-11-9-25(10-12-29,20-6-4-7-21(26)15-20)17-28-24(30)23-14-18(16-27)13-19-5-2-3-8-22(19)23/h2-8,13-15H,9-12,17H2,1H3,(H,28,30). The van der Waals surface area contributed by atoms with Crippen LogP contribution in [0.25, 0.3) is 10.8 Å². The van der Waals surface area contributed by atoms with Gasteiger partial charge in [-0.2, -0.15) is 5.26 Å². The molecule has 0 bridgehead atoms. The van der Waals surface area contributed by atoms with Crippen LogP contribution in [0.5, 0.6) is 0 Å². The number of piperidine rings is 1.